The van der Waals surface area contributed by atoms with E-state index in [0.29, 0.717) is 11.9 Å². The van der Waals surface area contributed by atoms with Gasteiger partial charge in [-0.15, -0.1) is 0 Å². The number of aryl methyl sites for hydroxylation is 1. The lowest BCUT2D eigenvalue weighted by Crippen LogP contribution is -2.45. The minimum absolute atomic E-state index is 0.0156. The van der Waals surface area contributed by atoms with Crippen molar-refractivity contribution >= 4 is 11.9 Å². The fourth-order valence-corrected chi connectivity index (χ4v) is 3.18. The molecule has 0 saturated carbocycles. The third-order valence-corrected chi connectivity index (χ3v) is 4.75. The van der Waals surface area contributed by atoms with Gasteiger partial charge in [-0.25, -0.2) is 4.98 Å². The van der Waals surface area contributed by atoms with Crippen LogP contribution in [0.3, 0.4) is 0 Å². The Morgan fingerprint density at radius 1 is 1.42 bits per heavy atom. The summed E-state index contributed by atoms with van der Waals surface area (Å²) in [6, 6.07) is 0.540. The lowest BCUT2D eigenvalue weighted by atomic mass is 10.0. The van der Waals surface area contributed by atoms with E-state index in [1.165, 1.54) is 6.92 Å². The predicted octanol–water partition coefficient (Wildman–Crippen LogP) is 1.36. The Labute approximate surface area is 143 Å². The SMILES string of the molecule is CCN(C)C1CCN(C(=O)C[C@H](OC(C)=O)c2nccn2C)CC1. The molecule has 0 spiro atoms. The predicted molar refractivity (Wildman–Crippen MR) is 90.2 cm³/mol. The zero-order valence-electron chi connectivity index (χ0n) is 15.1. The molecule has 0 bridgehead atoms. The maximum absolute atomic E-state index is 12.6. The molecule has 1 saturated heterocycles. The number of nitrogens with zero attached hydrogens (tertiary/aromatic N) is 4. The van der Waals surface area contributed by atoms with Gasteiger partial charge in [-0.3, -0.25) is 9.59 Å². The van der Waals surface area contributed by atoms with Gasteiger partial charge in [0, 0.05) is 45.5 Å². The molecule has 0 unspecified atom stereocenters. The van der Waals surface area contributed by atoms with Crippen LogP contribution in [-0.4, -0.2) is 64.0 Å². The molecule has 1 fully saturated rings. The highest BCUT2D eigenvalue weighted by molar-refractivity contribution is 5.77. The molecule has 0 aliphatic carbocycles. The van der Waals surface area contributed by atoms with Crippen LogP contribution in [0, 0.1) is 0 Å². The van der Waals surface area contributed by atoms with Crippen LogP contribution in [0.1, 0.15) is 45.0 Å². The second kappa shape index (κ2) is 8.28. The summed E-state index contributed by atoms with van der Waals surface area (Å²) in [6.07, 6.45) is 4.89. The molecule has 2 rings (SSSR count). The Kier molecular flexibility index (Phi) is 6.36. The van der Waals surface area contributed by atoms with Crippen molar-refractivity contribution in [3.63, 3.8) is 0 Å². The van der Waals surface area contributed by atoms with Gasteiger partial charge >= 0.3 is 5.97 Å². The van der Waals surface area contributed by atoms with E-state index in [9.17, 15) is 9.59 Å². The van der Waals surface area contributed by atoms with Gasteiger partial charge in [0.1, 0.15) is 5.82 Å². The Balaban J connectivity index is 1.96. The van der Waals surface area contributed by atoms with Gasteiger partial charge in [-0.05, 0) is 26.4 Å². The number of aromatic nitrogens is 2. The number of hydrogen-bond acceptors (Lipinski definition) is 5. The van der Waals surface area contributed by atoms with Crippen molar-refractivity contribution < 1.29 is 14.3 Å². The molecule has 7 nitrogen and oxygen atoms in total. The molecule has 1 aromatic rings. The van der Waals surface area contributed by atoms with Crippen molar-refractivity contribution in [1.82, 2.24) is 19.4 Å². The average molecular weight is 336 g/mol. The maximum atomic E-state index is 12.6. The second-order valence-corrected chi connectivity index (χ2v) is 6.38. The van der Waals surface area contributed by atoms with Crippen LogP contribution in [0.25, 0.3) is 0 Å². The zero-order valence-corrected chi connectivity index (χ0v) is 15.1. The van der Waals surface area contributed by atoms with Gasteiger partial charge in [0.15, 0.2) is 6.10 Å². The second-order valence-electron chi connectivity index (χ2n) is 6.38. The van der Waals surface area contributed by atoms with E-state index in [1.807, 2.05) is 11.9 Å². The lowest BCUT2D eigenvalue weighted by molar-refractivity contribution is -0.150. The van der Waals surface area contributed by atoms with Gasteiger partial charge in [0.2, 0.25) is 5.91 Å². The summed E-state index contributed by atoms with van der Waals surface area (Å²) >= 11 is 0. The fraction of sp³-hybridized carbons (Fsp3) is 0.706. The summed E-state index contributed by atoms with van der Waals surface area (Å²) in [7, 11) is 3.95. The number of carbonyl (C=O) groups is 2. The van der Waals surface area contributed by atoms with E-state index < -0.39 is 12.1 Å². The van der Waals surface area contributed by atoms with Gasteiger partial charge < -0.3 is 19.1 Å². The van der Waals surface area contributed by atoms with Crippen LogP contribution in [-0.2, 0) is 21.4 Å². The molecule has 24 heavy (non-hydrogen) atoms. The Bertz CT molecular complexity index is 564. The number of piperidine rings is 1. The molecule has 7 heteroatoms. The summed E-state index contributed by atoms with van der Waals surface area (Å²) in [4.78, 5) is 32.4. The monoisotopic (exact) mass is 336 g/mol. The Morgan fingerprint density at radius 2 is 2.08 bits per heavy atom. The summed E-state index contributed by atoms with van der Waals surface area (Å²) in [5.74, 6) is 0.208. The molecule has 1 atom stereocenters. The molecule has 134 valence electrons. The summed E-state index contributed by atoms with van der Waals surface area (Å²) in [5.41, 5.74) is 0. The zero-order chi connectivity index (χ0) is 17.7. The van der Waals surface area contributed by atoms with Gasteiger partial charge in [-0.2, -0.15) is 0 Å². The average Bonchev–Trinajstić information content (AvgIpc) is 2.99. The number of likely N-dealkylation sites (tertiary alicyclic amines) is 1. The van der Waals surface area contributed by atoms with Crippen LogP contribution in [0.2, 0.25) is 0 Å². The number of esters is 1. The number of amides is 1. The first-order valence-corrected chi connectivity index (χ1v) is 8.54. The van der Waals surface area contributed by atoms with Crippen LogP contribution in [0.5, 0.6) is 0 Å². The highest BCUT2D eigenvalue weighted by Gasteiger charge is 2.29. The van der Waals surface area contributed by atoms with Crippen molar-refractivity contribution in [3.8, 4) is 0 Å². The van der Waals surface area contributed by atoms with E-state index in [0.717, 1.165) is 32.5 Å². The number of rotatable bonds is 6. The maximum Gasteiger partial charge on any atom is 0.303 e. The third kappa shape index (κ3) is 4.56. The molecule has 1 aliphatic rings. The molecule has 0 radical (unpaired) electrons. The summed E-state index contributed by atoms with van der Waals surface area (Å²) < 4.78 is 7.12. The van der Waals surface area contributed by atoms with Crippen LogP contribution >= 0.6 is 0 Å². The third-order valence-electron chi connectivity index (χ3n) is 4.75. The van der Waals surface area contributed by atoms with E-state index in [-0.39, 0.29) is 12.3 Å². The molecule has 1 aliphatic heterocycles. The van der Waals surface area contributed by atoms with Crippen LogP contribution in [0.4, 0.5) is 0 Å². The smallest absolute Gasteiger partial charge is 0.303 e. The number of hydrogen-bond donors (Lipinski definition) is 0. The minimum atomic E-state index is -0.633. The summed E-state index contributed by atoms with van der Waals surface area (Å²) in [6.45, 7) is 6.02. The summed E-state index contributed by atoms with van der Waals surface area (Å²) in [5, 5.41) is 0. The van der Waals surface area contributed by atoms with Crippen molar-refractivity contribution in [2.45, 2.75) is 45.3 Å². The largest absolute Gasteiger partial charge is 0.454 e. The molecule has 0 N–H and O–H groups in total. The number of carbonyl (C=O) groups excluding carboxylic acids is 2. The van der Waals surface area contributed by atoms with Crippen molar-refractivity contribution in [2.75, 3.05) is 26.7 Å². The molecule has 1 aromatic heterocycles. The van der Waals surface area contributed by atoms with Gasteiger partial charge in [0.05, 0.1) is 6.42 Å². The van der Waals surface area contributed by atoms with Crippen molar-refractivity contribution in [3.05, 3.63) is 18.2 Å². The molecule has 0 aromatic carbocycles. The van der Waals surface area contributed by atoms with E-state index in [2.05, 4.69) is 23.9 Å². The molecule has 2 heterocycles. The first-order valence-electron chi connectivity index (χ1n) is 8.54. The van der Waals surface area contributed by atoms with Crippen molar-refractivity contribution in [1.29, 1.82) is 0 Å². The van der Waals surface area contributed by atoms with Crippen LogP contribution in [0.15, 0.2) is 12.4 Å². The van der Waals surface area contributed by atoms with Gasteiger partial charge in [0.25, 0.3) is 0 Å². The first-order chi connectivity index (χ1) is 11.4. The number of imidazole rings is 1. The standard InChI is InChI=1S/C17H28N4O3/c1-5-19(3)14-6-9-21(10-7-14)16(23)12-15(24-13(2)22)17-18-8-11-20(17)4/h8,11,14-15H,5-7,9-10,12H2,1-4H3/t15-/m0/s1. The minimum Gasteiger partial charge on any atom is -0.454 e. The topological polar surface area (TPSA) is 67.7 Å². The molecular formula is C17H28N4O3. The van der Waals surface area contributed by atoms with Crippen LogP contribution < -0.4 is 0 Å². The number of ether oxygens (including phenoxy) is 1. The van der Waals surface area contributed by atoms with E-state index in [1.54, 1.807) is 17.0 Å². The van der Waals surface area contributed by atoms with Crippen molar-refractivity contribution in [2.24, 2.45) is 7.05 Å². The first kappa shape index (κ1) is 18.4. The quantitative estimate of drug-likeness (QED) is 0.734. The van der Waals surface area contributed by atoms with Gasteiger partial charge in [-0.1, -0.05) is 6.92 Å². The Hall–Kier alpha value is -1.89. The lowest BCUT2D eigenvalue weighted by Gasteiger charge is -2.36. The van der Waals surface area contributed by atoms with E-state index >= 15 is 0 Å². The highest BCUT2D eigenvalue weighted by Crippen LogP contribution is 2.23. The molecule has 1 amide bonds. The van der Waals surface area contributed by atoms with E-state index in [4.69, 9.17) is 4.74 Å². The normalized spacial score (nSPS) is 17.1. The Morgan fingerprint density at radius 3 is 2.58 bits per heavy atom. The highest BCUT2D eigenvalue weighted by atomic mass is 16.5. The fourth-order valence-electron chi connectivity index (χ4n) is 3.18. The molecular weight excluding hydrogens is 308 g/mol.